The van der Waals surface area contributed by atoms with E-state index < -0.39 is 0 Å². The molecule has 2 N–H and O–H groups in total. The predicted molar refractivity (Wildman–Crippen MR) is 128 cm³/mol. The number of pyridine rings is 1. The molecule has 0 amide bonds. The van der Waals surface area contributed by atoms with Gasteiger partial charge in [0.25, 0.3) is 0 Å². The van der Waals surface area contributed by atoms with Crippen molar-refractivity contribution in [3.05, 3.63) is 58.9 Å². The second-order valence-corrected chi connectivity index (χ2v) is 10.5. The van der Waals surface area contributed by atoms with Crippen LogP contribution in [0.25, 0.3) is 0 Å². The molecule has 3 aliphatic rings. The lowest BCUT2D eigenvalue weighted by atomic mass is 9.53. The largest absolute Gasteiger partial charge is 0.467 e. The molecule has 0 bridgehead atoms. The van der Waals surface area contributed by atoms with E-state index in [1.807, 2.05) is 12.3 Å². The zero-order valence-corrected chi connectivity index (χ0v) is 19.8. The van der Waals surface area contributed by atoms with Gasteiger partial charge in [-0.1, -0.05) is 26.0 Å². The number of hydrogen-bond acceptors (Lipinski definition) is 4. The molecule has 6 unspecified atom stereocenters. The minimum absolute atomic E-state index is 0.0470. The first kappa shape index (κ1) is 21.9. The first-order chi connectivity index (χ1) is 15.6. The van der Waals surface area contributed by atoms with Gasteiger partial charge < -0.3 is 15.2 Å². The van der Waals surface area contributed by atoms with E-state index in [0.717, 1.165) is 36.1 Å². The van der Waals surface area contributed by atoms with Crippen LogP contribution in [-0.4, -0.2) is 18.9 Å². The van der Waals surface area contributed by atoms with Crippen molar-refractivity contribution in [1.29, 1.82) is 0 Å². The molecule has 4 nitrogen and oxygen atoms in total. The van der Waals surface area contributed by atoms with Crippen LogP contribution in [0.3, 0.4) is 0 Å². The van der Waals surface area contributed by atoms with Crippen molar-refractivity contribution in [3.63, 3.8) is 0 Å². The molecule has 2 aromatic rings. The number of nitrogens with zero attached hydrogens (tertiary/aromatic N) is 1. The fraction of sp³-hybridized carbons (Fsp3) is 0.607. The third kappa shape index (κ3) is 3.56. The van der Waals surface area contributed by atoms with Gasteiger partial charge in [0.1, 0.15) is 5.75 Å². The Morgan fingerprint density at radius 1 is 1.19 bits per heavy atom. The number of ether oxygens (including phenoxy) is 2. The van der Waals surface area contributed by atoms with Crippen LogP contribution in [0, 0.1) is 23.2 Å². The number of methoxy groups -OCH3 is 1. The van der Waals surface area contributed by atoms with E-state index in [1.165, 1.54) is 43.2 Å². The molecule has 1 aromatic heterocycles. The Morgan fingerprint density at radius 2 is 2.06 bits per heavy atom. The molecule has 5 rings (SSSR count). The van der Waals surface area contributed by atoms with Gasteiger partial charge in [0.05, 0.1) is 11.7 Å². The Bertz CT molecular complexity index is 946. The number of fused-ring (bicyclic) bond motifs is 5. The van der Waals surface area contributed by atoms with Crippen LogP contribution < -0.4 is 10.5 Å². The van der Waals surface area contributed by atoms with Crippen LogP contribution in [0.1, 0.15) is 80.3 Å². The highest BCUT2D eigenvalue weighted by Crippen LogP contribution is 2.64. The molecule has 1 heterocycles. The topological polar surface area (TPSA) is 57.4 Å². The van der Waals surface area contributed by atoms with Crippen LogP contribution in [-0.2, 0) is 17.6 Å². The number of hydrogen-bond donors (Lipinski definition) is 1. The third-order valence-corrected chi connectivity index (χ3v) is 9.16. The van der Waals surface area contributed by atoms with Crippen LogP contribution in [0.4, 0.5) is 0 Å². The maximum atomic E-state index is 6.84. The lowest BCUT2D eigenvalue weighted by Crippen LogP contribution is -2.44. The second-order valence-electron chi connectivity index (χ2n) is 10.5. The predicted octanol–water partition coefficient (Wildman–Crippen LogP) is 5.80. The summed E-state index contributed by atoms with van der Waals surface area (Å²) in [5, 5.41) is 0. The van der Waals surface area contributed by atoms with Crippen LogP contribution in [0.15, 0.2) is 36.5 Å². The summed E-state index contributed by atoms with van der Waals surface area (Å²) in [4.78, 5) is 4.61. The summed E-state index contributed by atoms with van der Waals surface area (Å²) >= 11 is 0. The molecular formula is C28H38N2O2. The number of aryl methyl sites for hydroxylation is 2. The van der Waals surface area contributed by atoms with E-state index in [-0.39, 0.29) is 6.04 Å². The van der Waals surface area contributed by atoms with E-state index in [9.17, 15) is 0 Å². The minimum atomic E-state index is 0.0470. The maximum Gasteiger partial charge on any atom is 0.188 e. The lowest BCUT2D eigenvalue weighted by molar-refractivity contribution is 0.0197. The maximum absolute atomic E-state index is 6.84. The summed E-state index contributed by atoms with van der Waals surface area (Å²) < 4.78 is 11.1. The lowest BCUT2D eigenvalue weighted by Gasteiger charge is -2.52. The average molecular weight is 435 g/mol. The van der Waals surface area contributed by atoms with Gasteiger partial charge in [-0.25, -0.2) is 0 Å². The first-order valence-electron chi connectivity index (χ1n) is 12.5. The smallest absolute Gasteiger partial charge is 0.188 e. The summed E-state index contributed by atoms with van der Waals surface area (Å²) in [7, 11) is 1.68. The number of aromatic nitrogens is 1. The Hall–Kier alpha value is -1.91. The molecule has 3 aliphatic carbocycles. The van der Waals surface area contributed by atoms with Gasteiger partial charge in [-0.05, 0) is 109 Å². The number of rotatable bonds is 6. The fourth-order valence-corrected chi connectivity index (χ4v) is 7.59. The Labute approximate surface area is 192 Å². The van der Waals surface area contributed by atoms with E-state index in [2.05, 4.69) is 43.1 Å². The monoisotopic (exact) mass is 434 g/mol. The first-order valence-corrected chi connectivity index (χ1v) is 12.5. The van der Waals surface area contributed by atoms with Crippen molar-refractivity contribution in [2.24, 2.45) is 28.9 Å². The third-order valence-electron chi connectivity index (χ3n) is 9.16. The summed E-state index contributed by atoms with van der Waals surface area (Å²) in [5.74, 6) is 3.76. The van der Waals surface area contributed by atoms with Crippen LogP contribution >= 0.6 is 0 Å². The molecule has 0 aliphatic heterocycles. The van der Waals surface area contributed by atoms with Crippen molar-refractivity contribution in [1.82, 2.24) is 4.98 Å². The Kier molecular flexibility index (Phi) is 6.02. The summed E-state index contributed by atoms with van der Waals surface area (Å²) in [6.45, 7) is 5.08. The van der Waals surface area contributed by atoms with Gasteiger partial charge in [-0.2, -0.15) is 0 Å². The normalized spacial score (nSPS) is 32.0. The number of benzene rings is 1. The summed E-state index contributed by atoms with van der Waals surface area (Å²) in [5.41, 5.74) is 12.6. The number of nitrogens with two attached hydrogens (primary N) is 1. The zero-order valence-electron chi connectivity index (χ0n) is 19.8. The van der Waals surface area contributed by atoms with Gasteiger partial charge in [0.2, 0.25) is 0 Å². The van der Waals surface area contributed by atoms with Crippen molar-refractivity contribution in [2.75, 3.05) is 13.9 Å². The molecule has 172 valence electrons. The van der Waals surface area contributed by atoms with Crippen LogP contribution in [0.5, 0.6) is 5.75 Å². The van der Waals surface area contributed by atoms with Crippen molar-refractivity contribution >= 4 is 0 Å². The fourth-order valence-electron chi connectivity index (χ4n) is 7.59. The van der Waals surface area contributed by atoms with Crippen LogP contribution in [0.2, 0.25) is 0 Å². The van der Waals surface area contributed by atoms with Gasteiger partial charge in [0.15, 0.2) is 6.79 Å². The average Bonchev–Trinajstić information content (AvgIpc) is 3.19. The van der Waals surface area contributed by atoms with Crippen molar-refractivity contribution in [3.8, 4) is 5.75 Å². The molecular weight excluding hydrogens is 396 g/mol. The van der Waals surface area contributed by atoms with E-state index >= 15 is 0 Å². The van der Waals surface area contributed by atoms with Gasteiger partial charge in [-0.15, -0.1) is 0 Å². The zero-order chi connectivity index (χ0) is 22.3. The molecule has 0 spiro atoms. The van der Waals surface area contributed by atoms with Gasteiger partial charge >= 0.3 is 0 Å². The highest BCUT2D eigenvalue weighted by atomic mass is 16.7. The van der Waals surface area contributed by atoms with E-state index in [4.69, 9.17) is 15.2 Å². The molecule has 1 aromatic carbocycles. The quantitative estimate of drug-likeness (QED) is 0.584. The Morgan fingerprint density at radius 3 is 2.81 bits per heavy atom. The van der Waals surface area contributed by atoms with Crippen molar-refractivity contribution in [2.45, 2.75) is 70.8 Å². The van der Waals surface area contributed by atoms with Crippen molar-refractivity contribution < 1.29 is 9.47 Å². The highest BCUT2D eigenvalue weighted by molar-refractivity contribution is 5.46. The molecule has 4 heteroatoms. The second kappa shape index (κ2) is 8.79. The minimum Gasteiger partial charge on any atom is -0.467 e. The van der Waals surface area contributed by atoms with Gasteiger partial charge in [0, 0.05) is 13.3 Å². The van der Waals surface area contributed by atoms with E-state index in [0.29, 0.717) is 24.0 Å². The molecule has 32 heavy (non-hydrogen) atoms. The molecule has 0 saturated heterocycles. The van der Waals surface area contributed by atoms with E-state index in [1.54, 1.807) is 12.7 Å². The summed E-state index contributed by atoms with van der Waals surface area (Å²) in [6, 6.07) is 11.0. The standard InChI is InChI=1S/C28H38N2O2/c1-4-18-15-22-19(16-26(18)32-17-31-3)8-9-21-20(22)12-13-28(2)23(21)10-11-24(28)27(29)25-7-5-6-14-30-25/h5-7,14-16,20-21,23-24,27H,4,8-13,17,29H2,1-3H3. The Balaban J connectivity index is 1.41. The molecule has 2 fully saturated rings. The van der Waals surface area contributed by atoms with Gasteiger partial charge in [-0.3, -0.25) is 4.98 Å². The molecule has 2 saturated carbocycles. The SMILES string of the molecule is CCc1cc2c(cc1OCOC)CCC1C2CCC2(C)C(C(N)c3ccccn3)CCC12. The summed E-state index contributed by atoms with van der Waals surface area (Å²) in [6.07, 6.45) is 10.4. The highest BCUT2D eigenvalue weighted by Gasteiger charge is 2.56. The molecule has 0 radical (unpaired) electrons. The molecule has 6 atom stereocenters.